The number of aliphatic hydroxyl groups excluding tert-OH is 2. The smallest absolute Gasteiger partial charge is 0.303 e. The lowest BCUT2D eigenvalue weighted by molar-refractivity contribution is -0.169. The highest BCUT2D eigenvalue weighted by Crippen LogP contribution is 2.89. The summed E-state index contributed by atoms with van der Waals surface area (Å²) < 4.78 is 24.3. The van der Waals surface area contributed by atoms with Gasteiger partial charge in [-0.2, -0.15) is 0 Å². The van der Waals surface area contributed by atoms with E-state index in [4.69, 9.17) is 33.5 Å². The average Bonchev–Trinajstić information content (AvgIpc) is 1.47. The number of rotatable bonds is 27. The van der Waals surface area contributed by atoms with Crippen LogP contribution in [0.15, 0.2) is 138 Å². The number of oxime groups is 2. The molecule has 0 radical (unpaired) electrons. The number of fused-ring (bicyclic) bond motifs is 4. The Kier molecular flexibility index (Phi) is 23.0. The van der Waals surface area contributed by atoms with Gasteiger partial charge >= 0.3 is 23.9 Å². The number of nitrogens with zero attached hydrogens (tertiary/aromatic N) is 2. The standard InChI is InChI=1S/C48H64N2O8.C41H55NO7/c1-30(26-51)37(25-49-55-27-35-14-10-8-11-15-35)43(54)44(58-34(5)53)32(3)42-40(57-33(4)52)24-46(7)41-19-18-38-31(2)39(50-56-28-36-16-12-9-13-17-36)20-21-47(38)29-48(41,47)23-22-45(42,46)6;1-24(21-43)25(2)36(46)37(49-29(6)45)27(4)35-33(48-28(5)44)20-39(8)34-15-14-31-26(3)32(42-47-22-30-12-10-9-11-13-30)16-17-40(31)23-41(34,40)19-18-38(35,39)7/h8-17,20-21,30-32,37-38,40-42,44,49,51H,18-19,22-29H2,1-7H3;9-13,16-17,24,26-27,31,33-35,37,43H,2,14-15,18-23H2,1,3-8H3/b50-39+;42-32+/t30-,31-,32-,37?,38-,40-,41-,42-,44+,45+,46-,47+,48-;24-,26-,27-,31-,33-,34-,35-,37+,38+,39-,40+,41-/m00/s1. The minimum absolute atomic E-state index is 0.0955. The van der Waals surface area contributed by atoms with Crippen LogP contribution in [0.5, 0.6) is 0 Å². The molecule has 10 aliphatic rings. The molecule has 0 bridgehead atoms. The summed E-state index contributed by atoms with van der Waals surface area (Å²) in [5.74, 6) is -3.01. The molecule has 8 fully saturated rings. The van der Waals surface area contributed by atoms with Gasteiger partial charge < -0.3 is 38.8 Å². The minimum Gasteiger partial charge on any atom is -0.462 e. The molecule has 0 amide bonds. The molecular weight excluding hydrogens is 1350 g/mol. The van der Waals surface area contributed by atoms with Gasteiger partial charge in [0.2, 0.25) is 0 Å². The van der Waals surface area contributed by atoms with Crippen LogP contribution in [0.4, 0.5) is 0 Å². The molecule has 4 spiro atoms. The third kappa shape index (κ3) is 14.0. The molecule has 3 aromatic carbocycles. The number of benzene rings is 3. The average molecular weight is 1470 g/mol. The van der Waals surface area contributed by atoms with Crippen LogP contribution < -0.4 is 5.48 Å². The zero-order valence-corrected chi connectivity index (χ0v) is 65.8. The number of allylic oxidation sites excluding steroid dienone is 4. The molecule has 0 heterocycles. The summed E-state index contributed by atoms with van der Waals surface area (Å²) in [4.78, 5) is 96.8. The summed E-state index contributed by atoms with van der Waals surface area (Å²) in [5.41, 5.74) is 7.97. The maximum absolute atomic E-state index is 14.7. The summed E-state index contributed by atoms with van der Waals surface area (Å²) in [6.07, 6.45) is 18.3. The Bertz CT molecular complexity index is 3920. The highest BCUT2D eigenvalue weighted by Gasteiger charge is 2.84. The number of ketones is 2. The molecule has 13 rings (SSSR count). The number of carbonyl (C=O) groups is 6. The highest BCUT2D eigenvalue weighted by atomic mass is 16.6. The summed E-state index contributed by atoms with van der Waals surface area (Å²) in [5, 5.41) is 29.4. The van der Waals surface area contributed by atoms with Crippen molar-refractivity contribution >= 4 is 46.9 Å². The molecule has 10 aliphatic carbocycles. The van der Waals surface area contributed by atoms with Crippen molar-refractivity contribution in [2.45, 2.75) is 218 Å². The molecule has 3 aromatic rings. The molecule has 1 unspecified atom stereocenters. The Morgan fingerprint density at radius 1 is 0.542 bits per heavy atom. The summed E-state index contributed by atoms with van der Waals surface area (Å²) in [7, 11) is 0. The quantitative estimate of drug-likeness (QED) is 0.0211. The first kappa shape index (κ1) is 79.4. The van der Waals surface area contributed by atoms with Crippen LogP contribution in [0.25, 0.3) is 0 Å². The maximum Gasteiger partial charge on any atom is 0.303 e. The van der Waals surface area contributed by atoms with Gasteiger partial charge in [-0.05, 0) is 184 Å². The van der Waals surface area contributed by atoms with Crippen molar-refractivity contribution < 1.29 is 72.4 Å². The van der Waals surface area contributed by atoms with Crippen LogP contribution in [-0.2, 0) is 82.0 Å². The van der Waals surface area contributed by atoms with Gasteiger partial charge in [0.25, 0.3) is 0 Å². The van der Waals surface area contributed by atoms with Gasteiger partial charge in [0.1, 0.15) is 25.4 Å². The van der Waals surface area contributed by atoms with E-state index in [0.29, 0.717) is 56.3 Å². The number of hydrogen-bond acceptors (Lipinski definition) is 18. The predicted octanol–water partition coefficient (Wildman–Crippen LogP) is 15.3. The monoisotopic (exact) mass is 1470 g/mol. The fourth-order valence-corrected chi connectivity index (χ4v) is 24.9. The zero-order chi connectivity index (χ0) is 77.0. The van der Waals surface area contributed by atoms with Crippen molar-refractivity contribution in [3.05, 3.63) is 144 Å². The number of nitrogens with one attached hydrogen (secondary N) is 1. The molecule has 0 aliphatic heterocycles. The van der Waals surface area contributed by atoms with E-state index in [1.54, 1.807) is 6.92 Å². The number of aliphatic hydroxyl groups is 2. The molecule has 8 saturated carbocycles. The molecular formula is C89H119N3O15. The lowest BCUT2D eigenvalue weighted by atomic mass is 9.43. The van der Waals surface area contributed by atoms with Gasteiger partial charge in [0.05, 0.1) is 18.0 Å². The van der Waals surface area contributed by atoms with Gasteiger partial charge in [-0.15, -0.1) is 0 Å². The molecule has 18 heteroatoms. The van der Waals surface area contributed by atoms with Gasteiger partial charge in [-0.1, -0.05) is 189 Å². The number of hydroxylamine groups is 1. The Labute approximate surface area is 634 Å². The number of esters is 4. The molecule has 0 saturated heterocycles. The number of hydrogen-bond donors (Lipinski definition) is 3. The van der Waals surface area contributed by atoms with Crippen molar-refractivity contribution in [3.63, 3.8) is 0 Å². The lowest BCUT2D eigenvalue weighted by Crippen LogP contribution is -2.56. The van der Waals surface area contributed by atoms with E-state index in [1.807, 2.05) is 112 Å². The lowest BCUT2D eigenvalue weighted by Gasteiger charge is -2.61. The number of Topliss-reactive ketones (excluding diaryl/α,β-unsaturated/α-hetero) is 2. The van der Waals surface area contributed by atoms with E-state index in [1.165, 1.54) is 27.7 Å². The van der Waals surface area contributed by atoms with Crippen molar-refractivity contribution in [1.82, 2.24) is 5.48 Å². The van der Waals surface area contributed by atoms with E-state index in [2.05, 4.69) is 88.2 Å². The van der Waals surface area contributed by atoms with Gasteiger partial charge in [-0.25, -0.2) is 5.48 Å². The Balaban J connectivity index is 0.000000203. The minimum atomic E-state index is -1.10. The van der Waals surface area contributed by atoms with Gasteiger partial charge in [0.15, 0.2) is 23.8 Å². The fraction of sp³-hybridized carbons (Fsp3) is 0.640. The van der Waals surface area contributed by atoms with Crippen LogP contribution in [0.3, 0.4) is 0 Å². The van der Waals surface area contributed by atoms with E-state index >= 15 is 0 Å². The van der Waals surface area contributed by atoms with E-state index in [0.717, 1.165) is 92.3 Å². The van der Waals surface area contributed by atoms with Crippen molar-refractivity contribution in [1.29, 1.82) is 0 Å². The zero-order valence-electron chi connectivity index (χ0n) is 65.8. The maximum atomic E-state index is 14.7. The van der Waals surface area contributed by atoms with Crippen LogP contribution in [-0.4, -0.2) is 101 Å². The summed E-state index contributed by atoms with van der Waals surface area (Å²) in [6.45, 7) is 32.1. The molecule has 0 aromatic heterocycles. The van der Waals surface area contributed by atoms with E-state index in [-0.39, 0.29) is 116 Å². The first-order valence-corrected chi connectivity index (χ1v) is 39.8. The van der Waals surface area contributed by atoms with E-state index < -0.39 is 65.9 Å². The molecule has 18 nitrogen and oxygen atoms in total. The number of ether oxygens (including phenoxy) is 4. The fourth-order valence-electron chi connectivity index (χ4n) is 24.9. The van der Waals surface area contributed by atoms with Crippen molar-refractivity contribution in [2.24, 2.45) is 131 Å². The Morgan fingerprint density at radius 2 is 0.953 bits per heavy atom. The molecule has 580 valence electrons. The molecule has 107 heavy (non-hydrogen) atoms. The summed E-state index contributed by atoms with van der Waals surface area (Å²) >= 11 is 0. The van der Waals surface area contributed by atoms with Crippen LogP contribution in [0, 0.1) is 120 Å². The molecule has 3 N–H and O–H groups in total. The highest BCUT2D eigenvalue weighted by molar-refractivity contribution is 6.00. The number of carbonyl (C=O) groups excluding carboxylic acids is 6. The van der Waals surface area contributed by atoms with Crippen molar-refractivity contribution in [2.75, 3.05) is 19.8 Å². The molecule has 25 atom stereocenters. The SMILES string of the molecule is C=C(C(=O)[C@H](OC(C)=O)[C@@H](C)[C@H]1[C@@H](OC(C)=O)C[C@@]2(C)[C@@H]3CC[C@H]4[C@H](C)/C(=N/OCc5ccccc5)C=C[C@@]45C[C@@]35CC[C@]12C)[C@@H](C)CO.CC(=O)O[C@H]1C[C@@]2(C)[C@@H]3CC[C@H]4[C@H](C)/C(=N/OCc5ccccc5)C=C[C@@]45C[C@@]35CC[C@]2(C)[C@H]1[C@H](C)[C@@H](OC(C)=O)C(=O)C(CNOCc1ccccc1)[C@@H](C)CO. The van der Waals surface area contributed by atoms with Gasteiger partial charge in [0, 0.05) is 94.8 Å². The first-order valence-electron chi connectivity index (χ1n) is 39.8. The van der Waals surface area contributed by atoms with Gasteiger partial charge in [-0.3, -0.25) is 33.6 Å². The van der Waals surface area contributed by atoms with Crippen molar-refractivity contribution in [3.8, 4) is 0 Å². The second-order valence-corrected chi connectivity index (χ2v) is 35.5. The predicted molar refractivity (Wildman–Crippen MR) is 407 cm³/mol. The second kappa shape index (κ2) is 31.0. The third-order valence-electron chi connectivity index (χ3n) is 30.5. The Morgan fingerprint density at radius 3 is 1.36 bits per heavy atom. The van der Waals surface area contributed by atoms with Crippen LogP contribution in [0.2, 0.25) is 0 Å². The van der Waals surface area contributed by atoms with Crippen LogP contribution >= 0.6 is 0 Å². The second-order valence-electron chi connectivity index (χ2n) is 35.5. The summed E-state index contributed by atoms with van der Waals surface area (Å²) in [6, 6.07) is 30.0. The normalized spacial score (nSPS) is 37.6. The van der Waals surface area contributed by atoms with Crippen LogP contribution in [0.1, 0.15) is 191 Å². The first-order chi connectivity index (χ1) is 50.9. The Hall–Kier alpha value is -7.12. The topological polar surface area (TPSA) is 244 Å². The van der Waals surface area contributed by atoms with E-state index in [9.17, 15) is 39.0 Å². The third-order valence-corrected chi connectivity index (χ3v) is 30.5. The largest absolute Gasteiger partial charge is 0.462 e.